The van der Waals surface area contributed by atoms with Crippen LogP contribution in [-0.2, 0) is 14.9 Å². The van der Waals surface area contributed by atoms with Crippen LogP contribution in [0.3, 0.4) is 0 Å². The largest absolute Gasteiger partial charge is 0.522 e. The molecule has 1 aliphatic heterocycles. The summed E-state index contributed by atoms with van der Waals surface area (Å²) < 4.78 is 40.6. The first-order valence-electron chi connectivity index (χ1n) is 8.06. The van der Waals surface area contributed by atoms with E-state index in [1.54, 1.807) is 39.2 Å². The normalized spacial score (nSPS) is 16.1. The van der Waals surface area contributed by atoms with Gasteiger partial charge in [0, 0.05) is 30.2 Å². The van der Waals surface area contributed by atoms with Gasteiger partial charge in [0.05, 0.1) is 12.0 Å². The van der Waals surface area contributed by atoms with Gasteiger partial charge in [-0.3, -0.25) is 9.53 Å². The highest BCUT2D eigenvalue weighted by Crippen LogP contribution is 2.43. The second-order valence-corrected chi connectivity index (χ2v) is 6.63. The van der Waals surface area contributed by atoms with Crippen LogP contribution >= 0.6 is 0 Å². The SMILES string of the molecule is Cc1ncc(-c2ccc3c(c2)N(CCOC(F)(F)F)C(=O)C3(C)C)cn1. The molecule has 0 unspecified atom stereocenters. The van der Waals surface area contributed by atoms with Gasteiger partial charge in [-0.1, -0.05) is 12.1 Å². The molecule has 2 heterocycles. The fourth-order valence-electron chi connectivity index (χ4n) is 3.04. The number of benzene rings is 1. The third-order valence-electron chi connectivity index (χ3n) is 4.44. The maximum absolute atomic E-state index is 12.7. The number of carbonyl (C=O) groups excluding carboxylic acids is 1. The Morgan fingerprint density at radius 1 is 1.15 bits per heavy atom. The fourth-order valence-corrected chi connectivity index (χ4v) is 3.04. The molecule has 0 aliphatic carbocycles. The Morgan fingerprint density at radius 2 is 1.81 bits per heavy atom. The zero-order chi connectivity index (χ0) is 19.1. The van der Waals surface area contributed by atoms with Crippen molar-refractivity contribution in [3.63, 3.8) is 0 Å². The molecule has 0 spiro atoms. The van der Waals surface area contributed by atoms with Gasteiger partial charge in [0.2, 0.25) is 5.91 Å². The Kier molecular flexibility index (Phi) is 4.47. The Bertz CT molecular complexity index is 833. The molecule has 1 aromatic heterocycles. The van der Waals surface area contributed by atoms with Crippen molar-refractivity contribution in [3.05, 3.63) is 42.0 Å². The van der Waals surface area contributed by atoms with Crippen molar-refractivity contribution in [1.82, 2.24) is 9.97 Å². The van der Waals surface area contributed by atoms with Crippen LogP contribution in [0.5, 0.6) is 0 Å². The van der Waals surface area contributed by atoms with Crippen molar-refractivity contribution in [3.8, 4) is 11.1 Å². The highest BCUT2D eigenvalue weighted by Gasteiger charge is 2.44. The minimum absolute atomic E-state index is 0.178. The molecule has 0 radical (unpaired) electrons. The quantitative estimate of drug-likeness (QED) is 0.831. The van der Waals surface area contributed by atoms with E-state index >= 15 is 0 Å². The lowest BCUT2D eigenvalue weighted by Gasteiger charge is -2.20. The summed E-state index contributed by atoms with van der Waals surface area (Å²) >= 11 is 0. The Labute approximate surface area is 148 Å². The number of alkyl halides is 3. The van der Waals surface area contributed by atoms with E-state index in [0.717, 1.165) is 16.7 Å². The summed E-state index contributed by atoms with van der Waals surface area (Å²) in [6.45, 7) is 4.49. The number of carbonyl (C=O) groups is 1. The van der Waals surface area contributed by atoms with E-state index in [4.69, 9.17) is 0 Å². The van der Waals surface area contributed by atoms with Gasteiger partial charge in [-0.15, -0.1) is 13.2 Å². The van der Waals surface area contributed by atoms with Gasteiger partial charge in [-0.25, -0.2) is 9.97 Å². The molecule has 5 nitrogen and oxygen atoms in total. The number of hydrogen-bond acceptors (Lipinski definition) is 4. The molecule has 0 atom stereocenters. The van der Waals surface area contributed by atoms with Crippen LogP contribution in [0.2, 0.25) is 0 Å². The van der Waals surface area contributed by atoms with Gasteiger partial charge in [0.15, 0.2) is 0 Å². The van der Waals surface area contributed by atoms with E-state index in [1.165, 1.54) is 4.90 Å². The number of amides is 1. The minimum atomic E-state index is -4.72. The van der Waals surface area contributed by atoms with Crippen LogP contribution in [-0.4, -0.2) is 35.4 Å². The van der Waals surface area contributed by atoms with Crippen molar-refractivity contribution in [2.75, 3.05) is 18.1 Å². The summed E-state index contributed by atoms with van der Waals surface area (Å²) in [5.41, 5.74) is 2.10. The molecule has 138 valence electrons. The predicted molar refractivity (Wildman–Crippen MR) is 89.6 cm³/mol. The third-order valence-corrected chi connectivity index (χ3v) is 4.44. The summed E-state index contributed by atoms with van der Waals surface area (Å²) in [6.07, 6.45) is -1.38. The number of anilines is 1. The second kappa shape index (κ2) is 6.35. The molecule has 26 heavy (non-hydrogen) atoms. The van der Waals surface area contributed by atoms with Crippen molar-refractivity contribution in [1.29, 1.82) is 0 Å². The van der Waals surface area contributed by atoms with Gasteiger partial charge in [-0.05, 0) is 38.0 Å². The van der Waals surface area contributed by atoms with Crippen LogP contribution in [0.1, 0.15) is 25.2 Å². The number of ether oxygens (including phenoxy) is 1. The topological polar surface area (TPSA) is 55.3 Å². The number of fused-ring (bicyclic) bond motifs is 1. The monoisotopic (exact) mass is 365 g/mol. The van der Waals surface area contributed by atoms with E-state index < -0.39 is 18.4 Å². The van der Waals surface area contributed by atoms with Gasteiger partial charge in [0.1, 0.15) is 5.82 Å². The Hall–Kier alpha value is -2.48. The lowest BCUT2D eigenvalue weighted by Crippen LogP contribution is -2.38. The lowest BCUT2D eigenvalue weighted by atomic mass is 9.85. The first-order chi connectivity index (χ1) is 12.1. The number of halogens is 3. The summed E-state index contributed by atoms with van der Waals surface area (Å²) in [4.78, 5) is 22.3. The van der Waals surface area contributed by atoms with Gasteiger partial charge >= 0.3 is 6.36 Å². The van der Waals surface area contributed by atoms with Crippen LogP contribution < -0.4 is 4.90 Å². The molecule has 0 N–H and O–H groups in total. The smallest absolute Gasteiger partial charge is 0.309 e. The number of hydrogen-bond donors (Lipinski definition) is 0. The highest BCUT2D eigenvalue weighted by molar-refractivity contribution is 6.08. The van der Waals surface area contributed by atoms with Crippen LogP contribution in [0, 0.1) is 6.92 Å². The maximum Gasteiger partial charge on any atom is 0.522 e. The molecule has 0 fully saturated rings. The second-order valence-electron chi connectivity index (χ2n) is 6.63. The van der Waals surface area contributed by atoms with E-state index in [9.17, 15) is 18.0 Å². The minimum Gasteiger partial charge on any atom is -0.309 e. The summed E-state index contributed by atoms with van der Waals surface area (Å²) in [7, 11) is 0. The number of aromatic nitrogens is 2. The van der Waals surface area contributed by atoms with Crippen LogP contribution in [0.4, 0.5) is 18.9 Å². The van der Waals surface area contributed by atoms with E-state index in [-0.39, 0.29) is 12.5 Å². The fraction of sp³-hybridized carbons (Fsp3) is 0.389. The maximum atomic E-state index is 12.7. The average molecular weight is 365 g/mol. The highest BCUT2D eigenvalue weighted by atomic mass is 19.4. The van der Waals surface area contributed by atoms with Crippen LogP contribution in [0.15, 0.2) is 30.6 Å². The number of rotatable bonds is 4. The van der Waals surface area contributed by atoms with Crippen molar-refractivity contribution >= 4 is 11.6 Å². The molecule has 0 saturated heterocycles. The average Bonchev–Trinajstić information content (AvgIpc) is 2.75. The molecule has 8 heteroatoms. The van der Waals surface area contributed by atoms with Crippen molar-refractivity contribution < 1.29 is 22.7 Å². The molecule has 1 aromatic carbocycles. The molecular formula is C18H18F3N3O2. The molecule has 2 aromatic rings. The van der Waals surface area contributed by atoms with Crippen molar-refractivity contribution in [2.24, 2.45) is 0 Å². The van der Waals surface area contributed by atoms with E-state index in [1.807, 2.05) is 12.1 Å². The molecule has 3 rings (SSSR count). The number of aryl methyl sites for hydroxylation is 1. The van der Waals surface area contributed by atoms with Gasteiger partial charge in [-0.2, -0.15) is 0 Å². The molecule has 0 saturated carbocycles. The van der Waals surface area contributed by atoms with E-state index in [2.05, 4.69) is 14.7 Å². The van der Waals surface area contributed by atoms with Crippen molar-refractivity contribution in [2.45, 2.75) is 32.5 Å². The standard InChI is InChI=1S/C18H18F3N3O2/c1-11-22-9-13(10-23-11)12-4-5-14-15(8-12)24(16(25)17(14,2)3)6-7-26-18(19,20)21/h4-5,8-10H,6-7H2,1-3H3. The molecule has 0 bridgehead atoms. The zero-order valence-corrected chi connectivity index (χ0v) is 14.6. The number of nitrogens with zero attached hydrogens (tertiary/aromatic N) is 3. The molecule has 1 aliphatic rings. The Balaban J connectivity index is 1.93. The molecule has 1 amide bonds. The van der Waals surface area contributed by atoms with E-state index in [0.29, 0.717) is 11.5 Å². The summed E-state index contributed by atoms with van der Waals surface area (Å²) in [5, 5.41) is 0. The summed E-state index contributed by atoms with van der Waals surface area (Å²) in [5.74, 6) is 0.382. The summed E-state index contributed by atoms with van der Waals surface area (Å²) in [6, 6.07) is 5.47. The van der Waals surface area contributed by atoms with Gasteiger partial charge < -0.3 is 4.90 Å². The first-order valence-corrected chi connectivity index (χ1v) is 8.06. The zero-order valence-electron chi connectivity index (χ0n) is 14.6. The lowest BCUT2D eigenvalue weighted by molar-refractivity contribution is -0.323. The predicted octanol–water partition coefficient (Wildman–Crippen LogP) is 3.61. The van der Waals surface area contributed by atoms with Gasteiger partial charge in [0.25, 0.3) is 0 Å². The first kappa shape index (κ1) is 18.3. The van der Waals surface area contributed by atoms with Crippen LogP contribution in [0.25, 0.3) is 11.1 Å². The Morgan fingerprint density at radius 3 is 2.42 bits per heavy atom. The molecular weight excluding hydrogens is 347 g/mol. The third kappa shape index (κ3) is 3.41.